The minimum absolute atomic E-state index is 0.184. The van der Waals surface area contributed by atoms with Gasteiger partial charge < -0.3 is 10.1 Å². The number of hydrogen-bond donors (Lipinski definition) is 1. The Labute approximate surface area is 127 Å². The van der Waals surface area contributed by atoms with Gasteiger partial charge in [-0.2, -0.15) is 0 Å². The number of ether oxygens (including phenoxy) is 1. The highest BCUT2D eigenvalue weighted by atomic mass is 19.1. The molecule has 2 rings (SSSR count). The largest absolute Gasteiger partial charge is 0.497 e. The number of nitrogens with one attached hydrogen (secondary N) is 1. The zero-order valence-electron chi connectivity index (χ0n) is 13.4. The van der Waals surface area contributed by atoms with Gasteiger partial charge in [-0.05, 0) is 39.3 Å². The number of benzene rings is 1. The molecule has 0 spiro atoms. The maximum atomic E-state index is 14.1. The van der Waals surface area contributed by atoms with Gasteiger partial charge in [0.15, 0.2) is 0 Å². The second-order valence-electron chi connectivity index (χ2n) is 6.13. The Balaban J connectivity index is 2.01. The summed E-state index contributed by atoms with van der Waals surface area (Å²) in [5.41, 5.74) is 0.736. The summed E-state index contributed by atoms with van der Waals surface area (Å²) in [6.45, 7) is 7.07. The van der Waals surface area contributed by atoms with E-state index < -0.39 is 0 Å². The van der Waals surface area contributed by atoms with Gasteiger partial charge in [-0.1, -0.05) is 12.5 Å². The summed E-state index contributed by atoms with van der Waals surface area (Å²) in [7, 11) is 1.56. The van der Waals surface area contributed by atoms with Gasteiger partial charge in [-0.25, -0.2) is 4.39 Å². The van der Waals surface area contributed by atoms with E-state index in [1.54, 1.807) is 7.11 Å². The Kier molecular flexibility index (Phi) is 6.00. The Morgan fingerprint density at radius 3 is 2.76 bits per heavy atom. The Hall–Kier alpha value is -1.13. The molecule has 1 unspecified atom stereocenters. The number of halogens is 1. The molecular weight excluding hydrogens is 267 g/mol. The lowest BCUT2D eigenvalue weighted by molar-refractivity contribution is 0.175. The summed E-state index contributed by atoms with van der Waals surface area (Å²) in [6.07, 6.45) is 3.78. The third kappa shape index (κ3) is 4.68. The summed E-state index contributed by atoms with van der Waals surface area (Å²) in [5, 5.41) is 3.57. The normalized spacial score (nSPS) is 19.2. The van der Waals surface area contributed by atoms with Crippen LogP contribution in [0.3, 0.4) is 0 Å². The fourth-order valence-corrected chi connectivity index (χ4v) is 2.82. The van der Waals surface area contributed by atoms with Gasteiger partial charge in [0.25, 0.3) is 0 Å². The van der Waals surface area contributed by atoms with E-state index in [2.05, 4.69) is 24.1 Å². The van der Waals surface area contributed by atoms with E-state index >= 15 is 0 Å². The van der Waals surface area contributed by atoms with Crippen molar-refractivity contribution in [3.05, 3.63) is 29.6 Å². The smallest absolute Gasteiger partial charge is 0.131 e. The van der Waals surface area contributed by atoms with Crippen LogP contribution in [-0.4, -0.2) is 37.2 Å². The van der Waals surface area contributed by atoms with Crippen LogP contribution in [0.5, 0.6) is 5.75 Å². The molecule has 1 aliphatic rings. The van der Waals surface area contributed by atoms with Gasteiger partial charge in [-0.15, -0.1) is 0 Å². The van der Waals surface area contributed by atoms with Crippen LogP contribution in [0.25, 0.3) is 0 Å². The molecule has 0 aromatic heterocycles. The van der Waals surface area contributed by atoms with E-state index in [1.807, 2.05) is 12.1 Å². The van der Waals surface area contributed by atoms with Crippen molar-refractivity contribution in [1.82, 2.24) is 10.2 Å². The van der Waals surface area contributed by atoms with Gasteiger partial charge in [-0.3, -0.25) is 4.90 Å². The van der Waals surface area contributed by atoms with Gasteiger partial charge in [0, 0.05) is 36.8 Å². The first-order valence-corrected chi connectivity index (χ1v) is 7.90. The van der Waals surface area contributed by atoms with Gasteiger partial charge in [0.2, 0.25) is 0 Å². The predicted molar refractivity (Wildman–Crippen MR) is 84.1 cm³/mol. The molecule has 3 nitrogen and oxygen atoms in total. The van der Waals surface area contributed by atoms with Crippen LogP contribution in [0.4, 0.5) is 4.39 Å². The lowest BCUT2D eigenvalue weighted by Gasteiger charge is -2.33. The molecule has 1 fully saturated rings. The van der Waals surface area contributed by atoms with Crippen molar-refractivity contribution in [2.75, 3.05) is 20.2 Å². The predicted octanol–water partition coefficient (Wildman–Crippen LogP) is 3.19. The summed E-state index contributed by atoms with van der Waals surface area (Å²) in [6, 6.07) is 6.05. The minimum Gasteiger partial charge on any atom is -0.497 e. The van der Waals surface area contributed by atoms with Gasteiger partial charge in [0.1, 0.15) is 11.6 Å². The highest BCUT2D eigenvalue weighted by Crippen LogP contribution is 2.19. The molecule has 118 valence electrons. The Morgan fingerprint density at radius 2 is 2.19 bits per heavy atom. The molecule has 0 aliphatic carbocycles. The number of nitrogens with zero attached hydrogens (tertiary/aromatic N) is 1. The maximum absolute atomic E-state index is 14.1. The monoisotopic (exact) mass is 294 g/mol. The summed E-state index contributed by atoms with van der Waals surface area (Å²) in [4.78, 5) is 2.34. The van der Waals surface area contributed by atoms with Crippen molar-refractivity contribution in [2.45, 2.75) is 51.7 Å². The average Bonchev–Trinajstić information content (AvgIpc) is 2.49. The fourth-order valence-electron chi connectivity index (χ4n) is 2.82. The average molecular weight is 294 g/mol. The minimum atomic E-state index is -0.184. The number of rotatable bonds is 6. The molecule has 1 heterocycles. The first-order valence-electron chi connectivity index (χ1n) is 7.90. The Bertz CT molecular complexity index is 444. The van der Waals surface area contributed by atoms with Crippen LogP contribution in [-0.2, 0) is 6.54 Å². The van der Waals surface area contributed by atoms with Crippen LogP contribution in [0, 0.1) is 5.82 Å². The molecule has 1 aromatic carbocycles. The van der Waals surface area contributed by atoms with Crippen molar-refractivity contribution in [2.24, 2.45) is 0 Å². The van der Waals surface area contributed by atoms with Crippen LogP contribution in [0.2, 0.25) is 0 Å². The van der Waals surface area contributed by atoms with E-state index in [9.17, 15) is 4.39 Å². The standard InChI is InChI=1S/C17H27FN2O/c1-13(2)20(12-15-6-4-5-9-19-15)11-14-7-8-16(21-3)10-17(14)18/h7-8,10,13,15,19H,4-6,9,11-12H2,1-3H3. The van der Waals surface area contributed by atoms with E-state index in [1.165, 1.54) is 25.3 Å². The summed E-state index contributed by atoms with van der Waals surface area (Å²) < 4.78 is 19.2. The summed E-state index contributed by atoms with van der Waals surface area (Å²) >= 11 is 0. The lowest BCUT2D eigenvalue weighted by atomic mass is 10.0. The van der Waals surface area contributed by atoms with E-state index in [4.69, 9.17) is 4.74 Å². The fraction of sp³-hybridized carbons (Fsp3) is 0.647. The lowest BCUT2D eigenvalue weighted by Crippen LogP contribution is -2.45. The van der Waals surface area contributed by atoms with Crippen molar-refractivity contribution in [1.29, 1.82) is 0 Å². The van der Waals surface area contributed by atoms with Crippen molar-refractivity contribution < 1.29 is 9.13 Å². The second-order valence-corrected chi connectivity index (χ2v) is 6.13. The SMILES string of the molecule is COc1ccc(CN(CC2CCCCN2)C(C)C)c(F)c1. The Morgan fingerprint density at radius 1 is 1.38 bits per heavy atom. The zero-order valence-corrected chi connectivity index (χ0v) is 13.4. The second kappa shape index (κ2) is 7.76. The molecule has 21 heavy (non-hydrogen) atoms. The van der Waals surface area contributed by atoms with E-state index in [-0.39, 0.29) is 5.82 Å². The number of piperidine rings is 1. The number of hydrogen-bond acceptors (Lipinski definition) is 3. The number of methoxy groups -OCH3 is 1. The molecule has 0 bridgehead atoms. The van der Waals surface area contributed by atoms with Crippen molar-refractivity contribution in [3.8, 4) is 5.75 Å². The molecule has 1 atom stereocenters. The molecule has 4 heteroatoms. The first-order chi connectivity index (χ1) is 10.1. The van der Waals surface area contributed by atoms with Crippen LogP contribution >= 0.6 is 0 Å². The third-order valence-electron chi connectivity index (χ3n) is 4.23. The van der Waals surface area contributed by atoms with E-state index in [0.29, 0.717) is 24.4 Å². The molecule has 1 aliphatic heterocycles. The molecular formula is C17H27FN2O. The van der Waals surface area contributed by atoms with E-state index in [0.717, 1.165) is 18.7 Å². The van der Waals surface area contributed by atoms with Gasteiger partial charge in [0.05, 0.1) is 7.11 Å². The van der Waals surface area contributed by atoms with Crippen LogP contribution in [0.15, 0.2) is 18.2 Å². The molecule has 0 saturated carbocycles. The third-order valence-corrected chi connectivity index (χ3v) is 4.23. The summed E-state index contributed by atoms with van der Waals surface area (Å²) in [5.74, 6) is 0.387. The molecule has 1 N–H and O–H groups in total. The van der Waals surface area contributed by atoms with Crippen molar-refractivity contribution >= 4 is 0 Å². The quantitative estimate of drug-likeness (QED) is 0.872. The topological polar surface area (TPSA) is 24.5 Å². The first kappa shape index (κ1) is 16.2. The van der Waals surface area contributed by atoms with Gasteiger partial charge >= 0.3 is 0 Å². The van der Waals surface area contributed by atoms with Crippen molar-refractivity contribution in [3.63, 3.8) is 0 Å². The van der Waals surface area contributed by atoms with Crippen LogP contribution < -0.4 is 10.1 Å². The molecule has 0 radical (unpaired) electrons. The zero-order chi connectivity index (χ0) is 15.2. The highest BCUT2D eigenvalue weighted by Gasteiger charge is 2.19. The molecule has 1 aromatic rings. The maximum Gasteiger partial charge on any atom is 0.131 e. The highest BCUT2D eigenvalue weighted by molar-refractivity contribution is 5.28. The molecule has 1 saturated heterocycles. The van der Waals surface area contributed by atoms with Crippen LogP contribution in [0.1, 0.15) is 38.7 Å². The molecule has 0 amide bonds.